The summed E-state index contributed by atoms with van der Waals surface area (Å²) < 4.78 is 38.8. The molecule has 1 aromatic heterocycles. The number of carbonyl (C=O) groups is 1. The Morgan fingerprint density at radius 3 is 2.73 bits per heavy atom. The Hall–Kier alpha value is -1.55. The van der Waals surface area contributed by atoms with Gasteiger partial charge in [-0.2, -0.15) is 0 Å². The maximum absolute atomic E-state index is 12.2. The molecule has 0 amide bonds. The summed E-state index contributed by atoms with van der Waals surface area (Å²) in [5.74, 6) is 0.889. The van der Waals surface area contributed by atoms with Crippen LogP contribution in [0.3, 0.4) is 0 Å². The van der Waals surface area contributed by atoms with E-state index in [2.05, 4.69) is 15.0 Å². The molecule has 0 unspecified atom stereocenters. The van der Waals surface area contributed by atoms with Gasteiger partial charge in [-0.05, 0) is 64.5 Å². The van der Waals surface area contributed by atoms with Gasteiger partial charge in [0.25, 0.3) is 0 Å². The van der Waals surface area contributed by atoms with E-state index >= 15 is 0 Å². The third-order valence-corrected chi connectivity index (χ3v) is 7.87. The first-order valence-electron chi connectivity index (χ1n) is 10.8. The first kappa shape index (κ1) is 23.1. The molecule has 0 radical (unpaired) electrons. The summed E-state index contributed by atoms with van der Waals surface area (Å²) in [6.07, 6.45) is 7.15. The maximum Gasteiger partial charge on any atom is 0.217 e. The molecule has 1 saturated carbocycles. The fraction of sp³-hybridized carbons (Fsp3) is 0.714. The summed E-state index contributed by atoms with van der Waals surface area (Å²) >= 11 is 0. The van der Waals surface area contributed by atoms with Crippen LogP contribution >= 0.6 is 0 Å². The monoisotopic (exact) mass is 439 g/mol. The van der Waals surface area contributed by atoms with Crippen LogP contribution in [0.4, 0.5) is 0 Å². The van der Waals surface area contributed by atoms with Gasteiger partial charge in [0, 0.05) is 23.8 Å². The van der Waals surface area contributed by atoms with Gasteiger partial charge in [-0.25, -0.2) is 18.1 Å². The molecule has 3 rings (SSSR count). The predicted molar refractivity (Wildman–Crippen MR) is 114 cm³/mol. The third-order valence-electron chi connectivity index (χ3n) is 6.00. The Morgan fingerprint density at radius 1 is 1.27 bits per heavy atom. The molecule has 1 aromatic rings. The fourth-order valence-electron chi connectivity index (χ4n) is 4.16. The van der Waals surface area contributed by atoms with E-state index in [-0.39, 0.29) is 24.8 Å². The minimum atomic E-state index is -3.29. The summed E-state index contributed by atoms with van der Waals surface area (Å²) in [6, 6.07) is 3.79. The molecule has 2 atom stereocenters. The van der Waals surface area contributed by atoms with E-state index in [4.69, 9.17) is 9.47 Å². The summed E-state index contributed by atoms with van der Waals surface area (Å²) in [7, 11) is -3.29. The lowest BCUT2D eigenvalue weighted by Crippen LogP contribution is -2.48. The number of hydrogen-bond donors (Lipinski definition) is 2. The molecule has 1 saturated heterocycles. The predicted octanol–water partition coefficient (Wildman–Crippen LogP) is 1.76. The Morgan fingerprint density at radius 2 is 2.03 bits per heavy atom. The van der Waals surface area contributed by atoms with Crippen LogP contribution in [0.5, 0.6) is 5.88 Å². The van der Waals surface area contributed by atoms with Gasteiger partial charge in [0.2, 0.25) is 15.9 Å². The van der Waals surface area contributed by atoms with Gasteiger partial charge in [-0.1, -0.05) is 6.07 Å². The first-order valence-corrected chi connectivity index (χ1v) is 12.3. The molecule has 0 spiro atoms. The van der Waals surface area contributed by atoms with Gasteiger partial charge in [-0.15, -0.1) is 0 Å². The van der Waals surface area contributed by atoms with Crippen LogP contribution in [-0.4, -0.2) is 62.9 Å². The Labute approximate surface area is 179 Å². The van der Waals surface area contributed by atoms with Gasteiger partial charge in [0.1, 0.15) is 6.61 Å². The van der Waals surface area contributed by atoms with E-state index in [1.807, 2.05) is 12.1 Å². The standard InChI is InChI=1S/C21H33N3O5S/c1-15(2)30(26,27)24-19-9-11-22-20(19)14-29-17-7-5-16(6-8-17)18-4-3-10-23-21(18)28-13-12-25/h3-4,10,12,15-17,19-20,22,24H,5-9,11,13-14H2,1-2H3/t16?,17?,19-,20-/m0/s1. The second-order valence-electron chi connectivity index (χ2n) is 8.35. The number of nitrogens with zero attached hydrogens (tertiary/aromatic N) is 1. The Bertz CT molecular complexity index is 794. The lowest BCUT2D eigenvalue weighted by atomic mass is 9.83. The van der Waals surface area contributed by atoms with Crippen molar-refractivity contribution in [2.45, 2.75) is 75.3 Å². The highest BCUT2D eigenvalue weighted by Crippen LogP contribution is 2.37. The molecule has 9 heteroatoms. The van der Waals surface area contributed by atoms with Crippen LogP contribution in [-0.2, 0) is 19.6 Å². The highest BCUT2D eigenvalue weighted by Gasteiger charge is 2.33. The molecule has 2 aliphatic rings. The zero-order valence-electron chi connectivity index (χ0n) is 17.7. The van der Waals surface area contributed by atoms with Crippen LogP contribution in [0.25, 0.3) is 0 Å². The number of pyridine rings is 1. The molecule has 1 aliphatic heterocycles. The van der Waals surface area contributed by atoms with E-state index in [1.165, 1.54) is 0 Å². The minimum absolute atomic E-state index is 0.00193. The Kier molecular flexibility index (Phi) is 8.21. The van der Waals surface area contributed by atoms with Crippen molar-refractivity contribution in [1.29, 1.82) is 0 Å². The lowest BCUT2D eigenvalue weighted by Gasteiger charge is -2.31. The van der Waals surface area contributed by atoms with Gasteiger partial charge in [0.15, 0.2) is 6.29 Å². The van der Waals surface area contributed by atoms with Crippen LogP contribution in [0.15, 0.2) is 18.3 Å². The summed E-state index contributed by atoms with van der Waals surface area (Å²) in [6.45, 7) is 4.68. The molecule has 2 N–H and O–H groups in total. The highest BCUT2D eigenvalue weighted by molar-refractivity contribution is 7.90. The summed E-state index contributed by atoms with van der Waals surface area (Å²) in [5, 5.41) is 2.92. The van der Waals surface area contributed by atoms with Crippen LogP contribution < -0.4 is 14.8 Å². The quantitative estimate of drug-likeness (QED) is 0.535. The van der Waals surface area contributed by atoms with Gasteiger partial charge in [0.05, 0.1) is 18.0 Å². The number of aromatic nitrogens is 1. The van der Waals surface area contributed by atoms with Crippen molar-refractivity contribution in [3.63, 3.8) is 0 Å². The zero-order valence-corrected chi connectivity index (χ0v) is 18.6. The highest BCUT2D eigenvalue weighted by atomic mass is 32.2. The van der Waals surface area contributed by atoms with Crippen molar-refractivity contribution >= 4 is 16.3 Å². The van der Waals surface area contributed by atoms with Crippen LogP contribution in [0.2, 0.25) is 0 Å². The van der Waals surface area contributed by atoms with Crippen molar-refractivity contribution < 1.29 is 22.7 Å². The number of sulfonamides is 1. The third kappa shape index (κ3) is 6.00. The van der Waals surface area contributed by atoms with Crippen molar-refractivity contribution in [1.82, 2.24) is 15.0 Å². The molecule has 1 aliphatic carbocycles. The smallest absolute Gasteiger partial charge is 0.217 e. The first-order chi connectivity index (χ1) is 14.4. The SMILES string of the molecule is CC(C)S(=O)(=O)N[C@H]1CCN[C@H]1COC1CCC(c2cccnc2OCC=O)CC1. The van der Waals surface area contributed by atoms with E-state index in [0.29, 0.717) is 18.4 Å². The molecular weight excluding hydrogens is 406 g/mol. The topological polar surface area (TPSA) is 107 Å². The van der Waals surface area contributed by atoms with Crippen molar-refractivity contribution in [2.75, 3.05) is 19.8 Å². The number of rotatable bonds is 10. The average molecular weight is 440 g/mol. The molecule has 0 bridgehead atoms. The van der Waals surface area contributed by atoms with Gasteiger partial charge >= 0.3 is 0 Å². The summed E-state index contributed by atoms with van der Waals surface area (Å²) in [5.41, 5.74) is 1.05. The zero-order chi connectivity index (χ0) is 21.6. The molecule has 8 nitrogen and oxygen atoms in total. The number of aldehydes is 1. The Balaban J connectivity index is 1.48. The summed E-state index contributed by atoms with van der Waals surface area (Å²) in [4.78, 5) is 14.9. The fourth-order valence-corrected chi connectivity index (χ4v) is 5.13. The molecule has 30 heavy (non-hydrogen) atoms. The van der Waals surface area contributed by atoms with Crippen molar-refractivity contribution in [3.8, 4) is 5.88 Å². The lowest BCUT2D eigenvalue weighted by molar-refractivity contribution is -0.109. The van der Waals surface area contributed by atoms with E-state index < -0.39 is 15.3 Å². The van der Waals surface area contributed by atoms with Crippen LogP contribution in [0.1, 0.15) is 57.4 Å². The number of carbonyl (C=O) groups excluding carboxylic acids is 1. The van der Waals surface area contributed by atoms with Crippen molar-refractivity contribution in [3.05, 3.63) is 23.9 Å². The largest absolute Gasteiger partial charge is 0.470 e. The second kappa shape index (κ2) is 10.7. The number of nitrogens with one attached hydrogen (secondary N) is 2. The molecule has 2 heterocycles. The van der Waals surface area contributed by atoms with Gasteiger partial charge in [-0.3, -0.25) is 4.79 Å². The minimum Gasteiger partial charge on any atom is -0.470 e. The van der Waals surface area contributed by atoms with Gasteiger partial charge < -0.3 is 14.8 Å². The maximum atomic E-state index is 12.2. The van der Waals surface area contributed by atoms with Crippen molar-refractivity contribution in [2.24, 2.45) is 0 Å². The molecule has 168 valence electrons. The van der Waals surface area contributed by atoms with Crippen LogP contribution in [0, 0.1) is 0 Å². The molecular formula is C21H33N3O5S. The van der Waals surface area contributed by atoms with E-state index in [9.17, 15) is 13.2 Å². The molecule has 2 fully saturated rings. The number of ether oxygens (including phenoxy) is 2. The average Bonchev–Trinajstić information content (AvgIpc) is 3.17. The number of hydrogen-bond acceptors (Lipinski definition) is 7. The normalized spacial score (nSPS) is 27.3. The van der Waals surface area contributed by atoms with E-state index in [0.717, 1.165) is 50.5 Å². The molecule has 0 aromatic carbocycles. The van der Waals surface area contributed by atoms with E-state index in [1.54, 1.807) is 20.0 Å². The second-order valence-corrected chi connectivity index (χ2v) is 10.6.